The monoisotopic (exact) mass is 228 g/mol. The van der Waals surface area contributed by atoms with Gasteiger partial charge in [-0.25, -0.2) is 4.79 Å². The number of carboxylic acid groups (broad SMARTS) is 1. The highest BCUT2D eigenvalue weighted by molar-refractivity contribution is 5.84. The maximum absolute atomic E-state index is 10.9. The molecule has 0 spiro atoms. The van der Waals surface area contributed by atoms with Crippen LogP contribution in [0, 0.1) is 0 Å². The van der Waals surface area contributed by atoms with Gasteiger partial charge in [0, 0.05) is 0 Å². The van der Waals surface area contributed by atoms with Crippen LogP contribution in [0.25, 0.3) is 10.8 Å². The summed E-state index contributed by atoms with van der Waals surface area (Å²) in [5.41, 5.74) is 0.249. The van der Waals surface area contributed by atoms with E-state index in [4.69, 9.17) is 9.84 Å². The van der Waals surface area contributed by atoms with E-state index in [1.807, 2.05) is 49.4 Å². The highest BCUT2D eigenvalue weighted by Crippen LogP contribution is 2.46. The fraction of sp³-hybridized carbons (Fsp3) is 0.214. The molecule has 0 radical (unpaired) electrons. The number of aliphatic carboxylic acids is 1. The van der Waals surface area contributed by atoms with Crippen LogP contribution in [-0.4, -0.2) is 17.2 Å². The third kappa shape index (κ3) is 1.51. The molecular weight excluding hydrogens is 216 g/mol. The first-order valence-corrected chi connectivity index (χ1v) is 5.51. The van der Waals surface area contributed by atoms with Gasteiger partial charge in [0.05, 0.1) is 0 Å². The molecule has 0 aliphatic carbocycles. The topological polar surface area (TPSA) is 49.8 Å². The van der Waals surface area contributed by atoms with Crippen LogP contribution >= 0.6 is 0 Å². The SMILES string of the molecule is CC1(c2ccc3ccccc3c2)OC1C(=O)O. The minimum Gasteiger partial charge on any atom is -0.479 e. The molecule has 1 saturated heterocycles. The first-order valence-electron chi connectivity index (χ1n) is 5.51. The highest BCUT2D eigenvalue weighted by Gasteiger charge is 2.58. The Hall–Kier alpha value is -1.87. The van der Waals surface area contributed by atoms with E-state index < -0.39 is 17.7 Å². The van der Waals surface area contributed by atoms with E-state index in [-0.39, 0.29) is 0 Å². The largest absolute Gasteiger partial charge is 0.479 e. The highest BCUT2D eigenvalue weighted by atomic mass is 16.6. The summed E-state index contributed by atoms with van der Waals surface area (Å²) in [5, 5.41) is 11.2. The predicted molar refractivity (Wildman–Crippen MR) is 63.8 cm³/mol. The first kappa shape index (κ1) is 10.3. The first-order chi connectivity index (χ1) is 8.11. The number of ether oxygens (including phenoxy) is 1. The van der Waals surface area contributed by atoms with Gasteiger partial charge in [0.15, 0.2) is 6.10 Å². The van der Waals surface area contributed by atoms with Gasteiger partial charge in [0.25, 0.3) is 0 Å². The molecular formula is C14H12O3. The Labute approximate surface area is 98.6 Å². The predicted octanol–water partition coefficient (Wildman–Crippen LogP) is 2.54. The molecule has 0 aromatic heterocycles. The van der Waals surface area contributed by atoms with Crippen molar-refractivity contribution in [2.45, 2.75) is 18.6 Å². The smallest absolute Gasteiger partial charge is 0.336 e. The van der Waals surface area contributed by atoms with Crippen molar-refractivity contribution < 1.29 is 14.6 Å². The molecule has 17 heavy (non-hydrogen) atoms. The van der Waals surface area contributed by atoms with Crippen LogP contribution in [0.2, 0.25) is 0 Å². The van der Waals surface area contributed by atoms with Gasteiger partial charge >= 0.3 is 5.97 Å². The number of hydrogen-bond acceptors (Lipinski definition) is 2. The van der Waals surface area contributed by atoms with Crippen LogP contribution in [0.3, 0.4) is 0 Å². The van der Waals surface area contributed by atoms with Crippen LogP contribution in [0.5, 0.6) is 0 Å². The summed E-state index contributed by atoms with van der Waals surface area (Å²) >= 11 is 0. The molecule has 0 bridgehead atoms. The second-order valence-electron chi connectivity index (χ2n) is 4.51. The minimum absolute atomic E-state index is 0.671. The van der Waals surface area contributed by atoms with Crippen LogP contribution in [0.15, 0.2) is 42.5 Å². The quantitative estimate of drug-likeness (QED) is 0.803. The summed E-state index contributed by atoms with van der Waals surface area (Å²) in [6.45, 7) is 1.82. The lowest BCUT2D eigenvalue weighted by Gasteiger charge is -2.07. The maximum Gasteiger partial charge on any atom is 0.336 e. The second kappa shape index (κ2) is 3.31. The van der Waals surface area contributed by atoms with E-state index in [0.29, 0.717) is 0 Å². The van der Waals surface area contributed by atoms with E-state index in [9.17, 15) is 4.79 Å². The van der Waals surface area contributed by atoms with Gasteiger partial charge in [-0.1, -0.05) is 36.4 Å². The Kier molecular flexibility index (Phi) is 2.00. The molecule has 86 valence electrons. The third-order valence-electron chi connectivity index (χ3n) is 3.35. The van der Waals surface area contributed by atoms with Crippen molar-refractivity contribution in [2.75, 3.05) is 0 Å². The van der Waals surface area contributed by atoms with Crippen LogP contribution < -0.4 is 0 Å². The Balaban J connectivity index is 2.05. The summed E-state index contributed by atoms with van der Waals surface area (Å²) in [5.74, 6) is -0.902. The number of carboxylic acids is 1. The number of rotatable bonds is 2. The zero-order valence-electron chi connectivity index (χ0n) is 9.38. The molecule has 1 aliphatic rings. The van der Waals surface area contributed by atoms with Crippen molar-refractivity contribution in [3.63, 3.8) is 0 Å². The van der Waals surface area contributed by atoms with Crippen LogP contribution in [0.4, 0.5) is 0 Å². The van der Waals surface area contributed by atoms with Crippen LogP contribution in [-0.2, 0) is 15.1 Å². The van der Waals surface area contributed by atoms with Crippen LogP contribution in [0.1, 0.15) is 12.5 Å². The number of fused-ring (bicyclic) bond motifs is 1. The molecule has 2 atom stereocenters. The molecule has 0 amide bonds. The zero-order valence-corrected chi connectivity index (χ0v) is 9.38. The van der Waals surface area contributed by atoms with Gasteiger partial charge in [-0.05, 0) is 29.3 Å². The summed E-state index contributed by atoms with van der Waals surface area (Å²) < 4.78 is 5.30. The second-order valence-corrected chi connectivity index (χ2v) is 4.51. The fourth-order valence-corrected chi connectivity index (χ4v) is 2.21. The van der Waals surface area contributed by atoms with Gasteiger partial charge < -0.3 is 9.84 Å². The van der Waals surface area contributed by atoms with Gasteiger partial charge in [0.2, 0.25) is 0 Å². The van der Waals surface area contributed by atoms with E-state index in [1.165, 1.54) is 0 Å². The van der Waals surface area contributed by atoms with Crippen molar-refractivity contribution in [3.8, 4) is 0 Å². The molecule has 2 unspecified atom stereocenters. The molecule has 1 heterocycles. The van der Waals surface area contributed by atoms with E-state index in [0.717, 1.165) is 16.3 Å². The maximum atomic E-state index is 10.9. The van der Waals surface area contributed by atoms with Crippen molar-refractivity contribution in [3.05, 3.63) is 48.0 Å². The Morgan fingerprint density at radius 3 is 2.59 bits per heavy atom. The average molecular weight is 228 g/mol. The van der Waals surface area contributed by atoms with Gasteiger partial charge in [-0.15, -0.1) is 0 Å². The lowest BCUT2D eigenvalue weighted by atomic mass is 9.95. The molecule has 1 fully saturated rings. The number of epoxide rings is 1. The average Bonchev–Trinajstić information content (AvgIpc) is 3.03. The minimum atomic E-state index is -0.902. The summed E-state index contributed by atoms with van der Waals surface area (Å²) in [6, 6.07) is 13.9. The molecule has 3 heteroatoms. The summed E-state index contributed by atoms with van der Waals surface area (Å²) in [7, 11) is 0. The van der Waals surface area contributed by atoms with E-state index in [1.54, 1.807) is 0 Å². The van der Waals surface area contributed by atoms with E-state index >= 15 is 0 Å². The zero-order chi connectivity index (χ0) is 12.0. The third-order valence-corrected chi connectivity index (χ3v) is 3.35. The summed E-state index contributed by atoms with van der Waals surface area (Å²) in [4.78, 5) is 10.9. The number of carbonyl (C=O) groups is 1. The molecule has 0 saturated carbocycles. The van der Waals surface area contributed by atoms with Crippen molar-refractivity contribution in [2.24, 2.45) is 0 Å². The molecule has 1 N–H and O–H groups in total. The molecule has 2 aromatic carbocycles. The summed E-state index contributed by atoms with van der Waals surface area (Å²) in [6.07, 6.45) is -0.719. The van der Waals surface area contributed by atoms with Gasteiger partial charge in [-0.2, -0.15) is 0 Å². The van der Waals surface area contributed by atoms with E-state index in [2.05, 4.69) is 0 Å². The molecule has 3 rings (SSSR count). The Morgan fingerprint density at radius 1 is 1.24 bits per heavy atom. The Morgan fingerprint density at radius 2 is 1.94 bits per heavy atom. The van der Waals surface area contributed by atoms with Gasteiger partial charge in [0.1, 0.15) is 5.60 Å². The number of benzene rings is 2. The van der Waals surface area contributed by atoms with Crippen molar-refractivity contribution >= 4 is 16.7 Å². The molecule has 2 aromatic rings. The number of hydrogen-bond donors (Lipinski definition) is 1. The Bertz CT molecular complexity index is 605. The molecule has 3 nitrogen and oxygen atoms in total. The lowest BCUT2D eigenvalue weighted by molar-refractivity contribution is -0.138. The standard InChI is InChI=1S/C14H12O3/c1-14(12(17-14)13(15)16)11-7-6-9-4-2-3-5-10(9)8-11/h2-8,12H,1H3,(H,15,16). The molecule has 1 aliphatic heterocycles. The van der Waals surface area contributed by atoms with Crippen molar-refractivity contribution in [1.29, 1.82) is 0 Å². The normalized spacial score (nSPS) is 27.0. The van der Waals surface area contributed by atoms with Gasteiger partial charge in [-0.3, -0.25) is 0 Å². The fourth-order valence-electron chi connectivity index (χ4n) is 2.21. The van der Waals surface area contributed by atoms with Crippen molar-refractivity contribution in [1.82, 2.24) is 0 Å². The lowest BCUT2D eigenvalue weighted by Crippen LogP contribution is -2.15.